The van der Waals surface area contributed by atoms with E-state index in [-0.39, 0.29) is 28.7 Å². The van der Waals surface area contributed by atoms with E-state index in [2.05, 4.69) is 24.5 Å². The number of anilines is 1. The SMILES string of the molecule is CC(C)n1ccc2ccc(C(=O)N3CC4CC(C3)c3ccc(N([O-])O)c(=O)n3C4)cc21. The predicted octanol–water partition coefficient (Wildman–Crippen LogP) is 3.34. The molecule has 1 aromatic carbocycles. The molecule has 1 amide bonds. The number of carbonyl (C=O) groups excluding carboxylic acids is 1. The molecule has 1 N–H and O–H groups in total. The van der Waals surface area contributed by atoms with Crippen molar-refractivity contribution in [1.29, 1.82) is 0 Å². The number of amides is 1. The average molecular weight is 421 g/mol. The number of aromatic nitrogens is 2. The third-order valence-electron chi connectivity index (χ3n) is 6.60. The van der Waals surface area contributed by atoms with Crippen LogP contribution >= 0.6 is 0 Å². The summed E-state index contributed by atoms with van der Waals surface area (Å²) in [6, 6.07) is 11.3. The van der Waals surface area contributed by atoms with E-state index < -0.39 is 5.56 Å². The van der Waals surface area contributed by atoms with Crippen LogP contribution in [0.2, 0.25) is 0 Å². The fraction of sp³-hybridized carbons (Fsp3) is 0.391. The Bertz CT molecular complexity index is 1230. The summed E-state index contributed by atoms with van der Waals surface area (Å²) in [5.41, 5.74) is 1.77. The molecule has 0 spiro atoms. The van der Waals surface area contributed by atoms with Gasteiger partial charge in [0.05, 0.1) is 0 Å². The van der Waals surface area contributed by atoms with Crippen LogP contribution in [0.1, 0.15) is 48.3 Å². The lowest BCUT2D eigenvalue weighted by atomic mass is 9.83. The largest absolute Gasteiger partial charge is 0.733 e. The Balaban J connectivity index is 1.45. The highest BCUT2D eigenvalue weighted by Crippen LogP contribution is 2.36. The van der Waals surface area contributed by atoms with Gasteiger partial charge in [-0.2, -0.15) is 0 Å². The van der Waals surface area contributed by atoms with Crippen molar-refractivity contribution in [2.75, 3.05) is 18.3 Å². The standard InChI is InChI=1S/C23H25N4O4/c1-14(2)25-8-7-16-3-4-17(10-21(16)25)22(28)24-11-15-9-18(13-24)19-5-6-20(27(30)31)23(29)26(19)12-15/h3-8,10,14-15,18,30H,9,11-13H2,1-2H3/q-1. The number of carbonyl (C=O) groups is 1. The zero-order valence-electron chi connectivity index (χ0n) is 17.6. The summed E-state index contributed by atoms with van der Waals surface area (Å²) < 4.78 is 3.75. The van der Waals surface area contributed by atoms with Gasteiger partial charge in [-0.15, -0.1) is 0 Å². The summed E-state index contributed by atoms with van der Waals surface area (Å²) in [4.78, 5) is 27.8. The van der Waals surface area contributed by atoms with E-state index in [0.29, 0.717) is 31.2 Å². The summed E-state index contributed by atoms with van der Waals surface area (Å²) in [6.45, 7) is 5.76. The van der Waals surface area contributed by atoms with Crippen molar-refractivity contribution in [2.45, 2.75) is 38.8 Å². The van der Waals surface area contributed by atoms with Gasteiger partial charge >= 0.3 is 0 Å². The van der Waals surface area contributed by atoms with E-state index in [1.54, 1.807) is 10.6 Å². The number of rotatable bonds is 3. The number of hydrogen-bond donors (Lipinski definition) is 1. The minimum atomic E-state index is -0.482. The highest BCUT2D eigenvalue weighted by atomic mass is 16.8. The second kappa shape index (κ2) is 7.25. The number of nitrogens with zero attached hydrogens (tertiary/aromatic N) is 4. The maximum Gasteiger partial charge on any atom is 0.275 e. The highest BCUT2D eigenvalue weighted by molar-refractivity contribution is 5.98. The molecule has 5 rings (SSSR count). The fourth-order valence-corrected chi connectivity index (χ4v) is 5.16. The molecule has 0 saturated carbocycles. The topological polar surface area (TPSA) is 93.8 Å². The zero-order chi connectivity index (χ0) is 21.9. The van der Waals surface area contributed by atoms with E-state index in [1.807, 2.05) is 29.3 Å². The molecular weight excluding hydrogens is 396 g/mol. The molecule has 0 radical (unpaired) electrons. The normalized spacial score (nSPS) is 20.2. The Hall–Kier alpha value is -3.10. The maximum atomic E-state index is 13.4. The third-order valence-corrected chi connectivity index (χ3v) is 6.60. The molecule has 162 valence electrons. The van der Waals surface area contributed by atoms with Crippen LogP contribution in [-0.2, 0) is 6.54 Å². The predicted molar refractivity (Wildman–Crippen MR) is 117 cm³/mol. The summed E-state index contributed by atoms with van der Waals surface area (Å²) in [7, 11) is 0. The smallest absolute Gasteiger partial charge is 0.275 e. The van der Waals surface area contributed by atoms with E-state index in [9.17, 15) is 20.0 Å². The molecule has 2 bridgehead atoms. The molecule has 31 heavy (non-hydrogen) atoms. The Kier molecular flexibility index (Phi) is 4.64. The van der Waals surface area contributed by atoms with Gasteiger partial charge in [0.2, 0.25) is 0 Å². The second-order valence-corrected chi connectivity index (χ2v) is 8.93. The highest BCUT2D eigenvalue weighted by Gasteiger charge is 2.37. The fourth-order valence-electron chi connectivity index (χ4n) is 5.16. The van der Waals surface area contributed by atoms with Crippen molar-refractivity contribution in [1.82, 2.24) is 14.0 Å². The monoisotopic (exact) mass is 421 g/mol. The van der Waals surface area contributed by atoms with Gasteiger partial charge in [-0.3, -0.25) is 14.8 Å². The minimum Gasteiger partial charge on any atom is -0.733 e. The third kappa shape index (κ3) is 3.23. The lowest BCUT2D eigenvalue weighted by molar-refractivity contribution is 0.0594. The van der Waals surface area contributed by atoms with Gasteiger partial charge in [-0.25, -0.2) is 0 Å². The molecule has 2 aliphatic heterocycles. The van der Waals surface area contributed by atoms with Gasteiger partial charge < -0.3 is 24.5 Å². The van der Waals surface area contributed by atoms with Crippen LogP contribution in [0.5, 0.6) is 0 Å². The maximum absolute atomic E-state index is 13.4. The molecule has 8 heteroatoms. The van der Waals surface area contributed by atoms with Crippen LogP contribution in [0, 0.1) is 11.1 Å². The van der Waals surface area contributed by atoms with E-state index in [4.69, 9.17) is 0 Å². The van der Waals surface area contributed by atoms with Crippen molar-refractivity contribution in [3.05, 3.63) is 69.4 Å². The van der Waals surface area contributed by atoms with Crippen LogP contribution in [0.4, 0.5) is 5.69 Å². The Morgan fingerprint density at radius 2 is 1.97 bits per heavy atom. The first-order valence-corrected chi connectivity index (χ1v) is 10.6. The average Bonchev–Trinajstić information content (AvgIpc) is 3.17. The van der Waals surface area contributed by atoms with Gasteiger partial charge in [0, 0.05) is 54.6 Å². The van der Waals surface area contributed by atoms with Crippen molar-refractivity contribution in [3.8, 4) is 0 Å². The van der Waals surface area contributed by atoms with Crippen molar-refractivity contribution in [3.63, 3.8) is 0 Å². The van der Waals surface area contributed by atoms with E-state index in [0.717, 1.165) is 23.0 Å². The van der Waals surface area contributed by atoms with Crippen LogP contribution < -0.4 is 10.8 Å². The van der Waals surface area contributed by atoms with Gasteiger partial charge in [0.25, 0.3) is 11.5 Å². The van der Waals surface area contributed by atoms with Crippen LogP contribution in [0.3, 0.4) is 0 Å². The molecule has 2 aromatic heterocycles. The first-order valence-electron chi connectivity index (χ1n) is 10.6. The summed E-state index contributed by atoms with van der Waals surface area (Å²) in [6.07, 6.45) is 2.95. The molecule has 2 atom stereocenters. The summed E-state index contributed by atoms with van der Waals surface area (Å²) in [5.74, 6) is 0.159. The number of piperidine rings is 1. The molecule has 1 fully saturated rings. The summed E-state index contributed by atoms with van der Waals surface area (Å²) in [5, 5.41) is 21.2. The van der Waals surface area contributed by atoms with E-state index >= 15 is 0 Å². The molecule has 2 unspecified atom stereocenters. The lowest BCUT2D eigenvalue weighted by Gasteiger charge is -2.43. The molecule has 3 aromatic rings. The molecule has 4 heterocycles. The Morgan fingerprint density at radius 1 is 1.16 bits per heavy atom. The first-order chi connectivity index (χ1) is 14.8. The van der Waals surface area contributed by atoms with Crippen LogP contribution in [0.15, 0.2) is 47.4 Å². The van der Waals surface area contributed by atoms with Crippen molar-refractivity contribution < 1.29 is 10.0 Å². The van der Waals surface area contributed by atoms with Crippen LogP contribution in [-0.4, -0.2) is 38.2 Å². The van der Waals surface area contributed by atoms with Gasteiger partial charge in [0.15, 0.2) is 0 Å². The Morgan fingerprint density at radius 3 is 2.71 bits per heavy atom. The second-order valence-electron chi connectivity index (χ2n) is 8.93. The first kappa shape index (κ1) is 19.8. The van der Waals surface area contributed by atoms with Gasteiger partial charge in [0.1, 0.15) is 5.69 Å². The molecule has 1 saturated heterocycles. The van der Waals surface area contributed by atoms with Gasteiger partial charge in [-0.05, 0) is 61.9 Å². The number of pyridine rings is 1. The minimum absolute atomic E-state index is 0.00150. The van der Waals surface area contributed by atoms with E-state index in [1.165, 1.54) is 6.07 Å². The molecular formula is C23H25N4O4-. The van der Waals surface area contributed by atoms with Crippen molar-refractivity contribution >= 4 is 22.5 Å². The Labute approximate surface area is 179 Å². The summed E-state index contributed by atoms with van der Waals surface area (Å²) >= 11 is 0. The zero-order valence-corrected chi connectivity index (χ0v) is 17.6. The van der Waals surface area contributed by atoms with Crippen LogP contribution in [0.25, 0.3) is 10.9 Å². The molecule has 2 aliphatic rings. The number of benzene rings is 1. The number of hydrogen-bond acceptors (Lipinski definition) is 5. The number of fused-ring (bicyclic) bond motifs is 5. The van der Waals surface area contributed by atoms with Gasteiger partial charge in [-0.1, -0.05) is 6.07 Å². The molecule has 0 aliphatic carbocycles. The lowest BCUT2D eigenvalue weighted by Crippen LogP contribution is -2.49. The number of likely N-dealkylation sites (tertiary alicyclic amines) is 1. The quantitative estimate of drug-likeness (QED) is 0.655. The van der Waals surface area contributed by atoms with Crippen molar-refractivity contribution in [2.24, 2.45) is 5.92 Å². The molecule has 8 nitrogen and oxygen atoms in total.